The molecule has 16 heavy (non-hydrogen) atoms. The molecule has 1 saturated carbocycles. The number of rotatable bonds is 3. The minimum absolute atomic E-state index is 0.00771. The fourth-order valence-electron chi connectivity index (χ4n) is 1.63. The van der Waals surface area contributed by atoms with Crippen molar-refractivity contribution in [1.29, 1.82) is 0 Å². The molecule has 0 heterocycles. The molecule has 0 spiro atoms. The number of nitrogens with two attached hydrogens (primary N) is 1. The number of anilines is 1. The zero-order chi connectivity index (χ0) is 11.8. The van der Waals surface area contributed by atoms with Gasteiger partial charge in [-0.3, -0.25) is 10.6 Å². The number of nitrogens with one attached hydrogen (secondary N) is 2. The summed E-state index contributed by atoms with van der Waals surface area (Å²) in [5, 5.41) is 3.02. The summed E-state index contributed by atoms with van der Waals surface area (Å²) in [7, 11) is 0. The second kappa shape index (κ2) is 3.79. The topological polar surface area (TPSA) is 67.2 Å². The molecule has 2 rings (SSSR count). The Bertz CT molecular complexity index is 424. The molecule has 86 valence electrons. The molecular weight excluding hydrogens is 202 g/mol. The van der Waals surface area contributed by atoms with Crippen LogP contribution in [0.15, 0.2) is 18.2 Å². The van der Waals surface area contributed by atoms with Crippen LogP contribution in [0.5, 0.6) is 0 Å². The van der Waals surface area contributed by atoms with E-state index >= 15 is 0 Å². The van der Waals surface area contributed by atoms with Gasteiger partial charge in [0, 0.05) is 11.1 Å². The lowest BCUT2D eigenvalue weighted by atomic mass is 10.1. The molecule has 1 aromatic rings. The van der Waals surface area contributed by atoms with Gasteiger partial charge in [-0.15, -0.1) is 0 Å². The van der Waals surface area contributed by atoms with Gasteiger partial charge in [0.2, 0.25) is 0 Å². The van der Waals surface area contributed by atoms with Crippen molar-refractivity contribution in [1.82, 2.24) is 5.32 Å². The Morgan fingerprint density at radius 1 is 1.44 bits per heavy atom. The van der Waals surface area contributed by atoms with E-state index < -0.39 is 0 Å². The van der Waals surface area contributed by atoms with Crippen molar-refractivity contribution in [3.05, 3.63) is 29.3 Å². The summed E-state index contributed by atoms with van der Waals surface area (Å²) in [6.07, 6.45) is 2.14. The van der Waals surface area contributed by atoms with Crippen LogP contribution in [-0.4, -0.2) is 11.4 Å². The Hall–Kier alpha value is -1.55. The van der Waals surface area contributed by atoms with Crippen molar-refractivity contribution < 1.29 is 4.79 Å². The van der Waals surface area contributed by atoms with Crippen LogP contribution >= 0.6 is 0 Å². The Morgan fingerprint density at radius 3 is 2.62 bits per heavy atom. The minimum atomic E-state index is -0.00771. The van der Waals surface area contributed by atoms with E-state index in [0.29, 0.717) is 5.56 Å². The number of aryl methyl sites for hydroxylation is 1. The number of benzene rings is 1. The van der Waals surface area contributed by atoms with Crippen LogP contribution < -0.4 is 16.6 Å². The normalized spacial score (nSPS) is 16.7. The largest absolute Gasteiger partial charge is 0.347 e. The van der Waals surface area contributed by atoms with Gasteiger partial charge in [0.05, 0.1) is 5.69 Å². The van der Waals surface area contributed by atoms with Gasteiger partial charge < -0.3 is 10.7 Å². The van der Waals surface area contributed by atoms with Crippen molar-refractivity contribution in [3.8, 4) is 0 Å². The number of amides is 1. The SMILES string of the molecule is Cc1cc(C(=O)NC2(C)CC2)ccc1NN. The number of carbonyl (C=O) groups excluding carboxylic acids is 1. The highest BCUT2D eigenvalue weighted by molar-refractivity contribution is 5.95. The van der Waals surface area contributed by atoms with E-state index in [2.05, 4.69) is 17.7 Å². The second-order valence-electron chi connectivity index (χ2n) is 4.69. The lowest BCUT2D eigenvalue weighted by Gasteiger charge is -2.12. The summed E-state index contributed by atoms with van der Waals surface area (Å²) in [6.45, 7) is 3.98. The second-order valence-corrected chi connectivity index (χ2v) is 4.69. The molecule has 4 heteroatoms. The summed E-state index contributed by atoms with van der Waals surface area (Å²) in [6, 6.07) is 5.44. The van der Waals surface area contributed by atoms with Gasteiger partial charge in [0.25, 0.3) is 5.91 Å². The molecule has 0 aromatic heterocycles. The summed E-state index contributed by atoms with van der Waals surface area (Å²) in [5.74, 6) is 5.33. The van der Waals surface area contributed by atoms with Crippen molar-refractivity contribution >= 4 is 11.6 Å². The van der Waals surface area contributed by atoms with Crippen LogP contribution in [0.25, 0.3) is 0 Å². The molecule has 4 nitrogen and oxygen atoms in total. The maximum atomic E-state index is 11.9. The lowest BCUT2D eigenvalue weighted by molar-refractivity contribution is 0.0935. The van der Waals surface area contributed by atoms with E-state index in [4.69, 9.17) is 5.84 Å². The van der Waals surface area contributed by atoms with E-state index in [9.17, 15) is 4.79 Å². The Balaban J connectivity index is 2.14. The first-order valence-electron chi connectivity index (χ1n) is 5.44. The molecule has 0 bridgehead atoms. The quantitative estimate of drug-likeness (QED) is 0.534. The van der Waals surface area contributed by atoms with Gasteiger partial charge in [-0.2, -0.15) is 0 Å². The molecule has 1 fully saturated rings. The summed E-state index contributed by atoms with van der Waals surface area (Å²) < 4.78 is 0. The molecule has 1 amide bonds. The van der Waals surface area contributed by atoms with Gasteiger partial charge in [-0.25, -0.2) is 0 Å². The Morgan fingerprint density at radius 2 is 2.12 bits per heavy atom. The highest BCUT2D eigenvalue weighted by Gasteiger charge is 2.38. The number of hydrogen-bond acceptors (Lipinski definition) is 3. The van der Waals surface area contributed by atoms with Crippen LogP contribution in [0.3, 0.4) is 0 Å². The predicted octanol–water partition coefficient (Wildman–Crippen LogP) is 1.56. The maximum Gasteiger partial charge on any atom is 0.251 e. The van der Waals surface area contributed by atoms with Gasteiger partial charge in [0.15, 0.2) is 0 Å². The lowest BCUT2D eigenvalue weighted by Crippen LogP contribution is -2.34. The fraction of sp³-hybridized carbons (Fsp3) is 0.417. The fourth-order valence-corrected chi connectivity index (χ4v) is 1.63. The highest BCUT2D eigenvalue weighted by Crippen LogP contribution is 2.34. The Labute approximate surface area is 95.2 Å². The van der Waals surface area contributed by atoms with Crippen LogP contribution in [0.4, 0.5) is 5.69 Å². The average molecular weight is 219 g/mol. The summed E-state index contributed by atoms with van der Waals surface area (Å²) >= 11 is 0. The molecule has 0 aliphatic heterocycles. The van der Waals surface area contributed by atoms with Gasteiger partial charge in [0.1, 0.15) is 0 Å². The van der Waals surface area contributed by atoms with Crippen LogP contribution in [-0.2, 0) is 0 Å². The molecule has 0 radical (unpaired) electrons. The third-order valence-electron chi connectivity index (χ3n) is 3.06. The van der Waals surface area contributed by atoms with Gasteiger partial charge in [-0.1, -0.05) is 0 Å². The average Bonchev–Trinajstić information content (AvgIpc) is 2.95. The first-order chi connectivity index (χ1) is 7.54. The highest BCUT2D eigenvalue weighted by atomic mass is 16.1. The molecule has 1 aliphatic carbocycles. The molecule has 1 aromatic carbocycles. The van der Waals surface area contributed by atoms with Crippen molar-refractivity contribution in [2.24, 2.45) is 5.84 Å². The minimum Gasteiger partial charge on any atom is -0.347 e. The van der Waals surface area contributed by atoms with Gasteiger partial charge >= 0.3 is 0 Å². The number of carbonyl (C=O) groups is 1. The molecule has 0 atom stereocenters. The zero-order valence-electron chi connectivity index (χ0n) is 9.63. The van der Waals surface area contributed by atoms with E-state index in [1.807, 2.05) is 19.1 Å². The smallest absolute Gasteiger partial charge is 0.251 e. The van der Waals surface area contributed by atoms with Crippen LogP contribution in [0.1, 0.15) is 35.7 Å². The molecule has 4 N–H and O–H groups in total. The number of hydrogen-bond donors (Lipinski definition) is 3. The summed E-state index contributed by atoms with van der Waals surface area (Å²) in [5.41, 5.74) is 5.11. The van der Waals surface area contributed by atoms with Crippen molar-refractivity contribution in [3.63, 3.8) is 0 Å². The van der Waals surface area contributed by atoms with E-state index in [0.717, 1.165) is 24.1 Å². The van der Waals surface area contributed by atoms with E-state index in [1.165, 1.54) is 0 Å². The third kappa shape index (κ3) is 2.17. The first-order valence-corrected chi connectivity index (χ1v) is 5.44. The van der Waals surface area contributed by atoms with E-state index in [1.54, 1.807) is 6.07 Å². The molecule has 1 aliphatic rings. The number of nitrogen functional groups attached to an aromatic ring is 1. The van der Waals surface area contributed by atoms with Crippen molar-refractivity contribution in [2.75, 3.05) is 5.43 Å². The molecule has 0 unspecified atom stereocenters. The van der Waals surface area contributed by atoms with Gasteiger partial charge in [-0.05, 0) is 50.5 Å². The molecular formula is C12H17N3O. The van der Waals surface area contributed by atoms with E-state index in [-0.39, 0.29) is 11.4 Å². The predicted molar refractivity (Wildman–Crippen MR) is 64.1 cm³/mol. The van der Waals surface area contributed by atoms with Crippen molar-refractivity contribution in [2.45, 2.75) is 32.2 Å². The zero-order valence-corrected chi connectivity index (χ0v) is 9.63. The third-order valence-corrected chi connectivity index (χ3v) is 3.06. The van der Waals surface area contributed by atoms with Crippen LogP contribution in [0, 0.1) is 6.92 Å². The Kier molecular flexibility index (Phi) is 2.59. The first kappa shape index (κ1) is 11.0. The number of hydrazine groups is 1. The standard InChI is InChI=1S/C12H17N3O/c1-8-7-9(3-4-10(8)15-13)11(16)14-12(2)5-6-12/h3-4,7,15H,5-6,13H2,1-2H3,(H,14,16). The summed E-state index contributed by atoms with van der Waals surface area (Å²) in [4.78, 5) is 11.9. The van der Waals surface area contributed by atoms with Crippen LogP contribution in [0.2, 0.25) is 0 Å². The maximum absolute atomic E-state index is 11.9. The monoisotopic (exact) mass is 219 g/mol. The molecule has 0 saturated heterocycles.